The molecule has 8 nitrogen and oxygen atoms in total. The van der Waals surface area contributed by atoms with Crippen molar-refractivity contribution in [3.63, 3.8) is 0 Å². The second kappa shape index (κ2) is 5.78. The lowest BCUT2D eigenvalue weighted by Crippen LogP contribution is -2.34. The van der Waals surface area contributed by atoms with E-state index >= 15 is 0 Å². The molecular weight excluding hydrogens is 236 g/mol. The van der Waals surface area contributed by atoms with Crippen molar-refractivity contribution in [1.29, 1.82) is 0 Å². The van der Waals surface area contributed by atoms with Gasteiger partial charge in [-0.3, -0.25) is 0 Å². The molecule has 100 valence electrons. The van der Waals surface area contributed by atoms with E-state index in [1.54, 1.807) is 4.90 Å². The Bertz CT molecular complexity index is 394. The molecule has 1 aliphatic heterocycles. The lowest BCUT2D eigenvalue weighted by atomic mass is 10.3. The molecule has 0 aliphatic carbocycles. The smallest absolute Gasteiger partial charge is 0.231 e. The van der Waals surface area contributed by atoms with Gasteiger partial charge in [0.25, 0.3) is 0 Å². The molecule has 1 aromatic rings. The molecule has 1 fully saturated rings. The van der Waals surface area contributed by atoms with Crippen LogP contribution in [0.3, 0.4) is 0 Å². The molecule has 2 rings (SSSR count). The molecule has 1 aliphatic rings. The number of hydrogen-bond acceptors (Lipinski definition) is 8. The van der Waals surface area contributed by atoms with Gasteiger partial charge in [0, 0.05) is 20.6 Å². The Labute approximate surface area is 106 Å². The lowest BCUT2D eigenvalue weighted by molar-refractivity contribution is -0.0819. The zero-order chi connectivity index (χ0) is 13.0. The SMILES string of the molecule is CN(C)c1nc(N)nc(NCC2COCCO2)n1. The number of nitrogens with zero attached hydrogens (tertiary/aromatic N) is 4. The third-order valence-electron chi connectivity index (χ3n) is 2.41. The zero-order valence-electron chi connectivity index (χ0n) is 10.6. The standard InChI is InChI=1S/C10H18N6O2/c1-16(2)10-14-8(11)13-9(15-10)12-5-7-6-17-3-4-18-7/h7H,3-6H2,1-2H3,(H3,11,12,13,14,15). The van der Waals surface area contributed by atoms with Crippen molar-refractivity contribution in [2.24, 2.45) is 0 Å². The maximum Gasteiger partial charge on any atom is 0.231 e. The number of aromatic nitrogens is 3. The third kappa shape index (κ3) is 3.41. The normalized spacial score (nSPS) is 19.6. The van der Waals surface area contributed by atoms with Crippen LogP contribution in [0.5, 0.6) is 0 Å². The molecule has 0 amide bonds. The molecule has 8 heteroatoms. The van der Waals surface area contributed by atoms with Crippen LogP contribution >= 0.6 is 0 Å². The minimum atomic E-state index is 0.0135. The van der Waals surface area contributed by atoms with Crippen LogP contribution in [-0.2, 0) is 9.47 Å². The van der Waals surface area contributed by atoms with Gasteiger partial charge in [-0.15, -0.1) is 0 Å². The number of nitrogen functional groups attached to an aromatic ring is 1. The van der Waals surface area contributed by atoms with Gasteiger partial charge in [0.1, 0.15) is 0 Å². The third-order valence-corrected chi connectivity index (χ3v) is 2.41. The van der Waals surface area contributed by atoms with Gasteiger partial charge in [-0.1, -0.05) is 0 Å². The van der Waals surface area contributed by atoms with E-state index in [1.807, 2.05) is 14.1 Å². The highest BCUT2D eigenvalue weighted by molar-refractivity contribution is 5.40. The van der Waals surface area contributed by atoms with E-state index in [9.17, 15) is 0 Å². The van der Waals surface area contributed by atoms with Crippen molar-refractivity contribution in [3.05, 3.63) is 0 Å². The average molecular weight is 254 g/mol. The van der Waals surface area contributed by atoms with E-state index in [-0.39, 0.29) is 12.1 Å². The molecule has 0 spiro atoms. The summed E-state index contributed by atoms with van der Waals surface area (Å²) in [7, 11) is 3.69. The van der Waals surface area contributed by atoms with Gasteiger partial charge in [-0.05, 0) is 0 Å². The molecule has 1 atom stereocenters. The molecule has 0 aromatic carbocycles. The van der Waals surface area contributed by atoms with Crippen molar-refractivity contribution < 1.29 is 9.47 Å². The van der Waals surface area contributed by atoms with Crippen molar-refractivity contribution in [1.82, 2.24) is 15.0 Å². The van der Waals surface area contributed by atoms with E-state index in [0.29, 0.717) is 38.3 Å². The van der Waals surface area contributed by atoms with Crippen LogP contribution in [-0.4, -0.2) is 61.5 Å². The number of hydrogen-bond donors (Lipinski definition) is 2. The Kier molecular flexibility index (Phi) is 4.11. The predicted octanol–water partition coefficient (Wildman–Crippen LogP) is -0.653. The summed E-state index contributed by atoms with van der Waals surface area (Å²) < 4.78 is 10.8. The van der Waals surface area contributed by atoms with E-state index in [0.717, 1.165) is 0 Å². The topological polar surface area (TPSA) is 98.4 Å². The van der Waals surface area contributed by atoms with Gasteiger partial charge in [-0.25, -0.2) is 0 Å². The number of rotatable bonds is 4. The highest BCUT2D eigenvalue weighted by atomic mass is 16.6. The van der Waals surface area contributed by atoms with Crippen molar-refractivity contribution in [2.75, 3.05) is 56.4 Å². The maximum atomic E-state index is 5.62. The van der Waals surface area contributed by atoms with Gasteiger partial charge >= 0.3 is 0 Å². The molecule has 2 heterocycles. The van der Waals surface area contributed by atoms with E-state index in [2.05, 4.69) is 20.3 Å². The molecule has 0 bridgehead atoms. The Balaban J connectivity index is 1.95. The second-order valence-corrected chi connectivity index (χ2v) is 4.16. The highest BCUT2D eigenvalue weighted by Gasteiger charge is 2.15. The molecule has 18 heavy (non-hydrogen) atoms. The summed E-state index contributed by atoms with van der Waals surface area (Å²) in [4.78, 5) is 14.0. The maximum absolute atomic E-state index is 5.62. The van der Waals surface area contributed by atoms with Gasteiger partial charge in [0.2, 0.25) is 17.8 Å². The molecule has 1 saturated heterocycles. The Morgan fingerprint density at radius 2 is 2.17 bits per heavy atom. The van der Waals surface area contributed by atoms with Gasteiger partial charge in [0.05, 0.1) is 25.9 Å². The van der Waals surface area contributed by atoms with Crippen LogP contribution in [0.2, 0.25) is 0 Å². The van der Waals surface area contributed by atoms with Gasteiger partial charge < -0.3 is 25.4 Å². The zero-order valence-corrected chi connectivity index (χ0v) is 10.6. The minimum absolute atomic E-state index is 0.0135. The highest BCUT2D eigenvalue weighted by Crippen LogP contribution is 2.09. The molecule has 3 N–H and O–H groups in total. The van der Waals surface area contributed by atoms with Crippen LogP contribution in [0.1, 0.15) is 0 Å². The Morgan fingerprint density at radius 1 is 1.33 bits per heavy atom. The number of anilines is 3. The van der Waals surface area contributed by atoms with E-state index in [4.69, 9.17) is 15.2 Å². The fourth-order valence-electron chi connectivity index (χ4n) is 1.52. The monoisotopic (exact) mass is 254 g/mol. The van der Waals surface area contributed by atoms with Crippen LogP contribution in [0.15, 0.2) is 0 Å². The first-order chi connectivity index (χ1) is 8.65. The molecule has 1 aromatic heterocycles. The van der Waals surface area contributed by atoms with Crippen LogP contribution < -0.4 is 16.0 Å². The summed E-state index contributed by atoms with van der Waals surface area (Å²) in [5.74, 6) is 1.16. The summed E-state index contributed by atoms with van der Waals surface area (Å²) in [6, 6.07) is 0. The van der Waals surface area contributed by atoms with Crippen LogP contribution in [0, 0.1) is 0 Å². The summed E-state index contributed by atoms with van der Waals surface area (Å²) in [5.41, 5.74) is 5.62. The first-order valence-electron chi connectivity index (χ1n) is 5.77. The van der Waals surface area contributed by atoms with E-state index in [1.165, 1.54) is 0 Å². The average Bonchev–Trinajstić information content (AvgIpc) is 2.37. The van der Waals surface area contributed by atoms with Crippen LogP contribution in [0.25, 0.3) is 0 Å². The summed E-state index contributed by atoms with van der Waals surface area (Å²) >= 11 is 0. The first kappa shape index (κ1) is 12.8. The predicted molar refractivity (Wildman–Crippen MR) is 67.6 cm³/mol. The van der Waals surface area contributed by atoms with Gasteiger partial charge in [0.15, 0.2) is 0 Å². The van der Waals surface area contributed by atoms with Crippen molar-refractivity contribution >= 4 is 17.8 Å². The number of ether oxygens (including phenoxy) is 2. The summed E-state index contributed by atoms with van der Waals surface area (Å²) in [6.07, 6.45) is 0.0135. The largest absolute Gasteiger partial charge is 0.376 e. The quantitative estimate of drug-likeness (QED) is 0.731. The first-order valence-corrected chi connectivity index (χ1v) is 5.77. The van der Waals surface area contributed by atoms with Crippen molar-refractivity contribution in [3.8, 4) is 0 Å². The molecular formula is C10H18N6O2. The summed E-state index contributed by atoms with van der Waals surface area (Å²) in [6.45, 7) is 2.43. The second-order valence-electron chi connectivity index (χ2n) is 4.16. The lowest BCUT2D eigenvalue weighted by Gasteiger charge is -2.23. The van der Waals surface area contributed by atoms with Crippen LogP contribution in [0.4, 0.5) is 17.8 Å². The number of nitrogens with two attached hydrogens (primary N) is 1. The minimum Gasteiger partial charge on any atom is -0.376 e. The molecule has 0 saturated carbocycles. The van der Waals surface area contributed by atoms with Gasteiger partial charge in [-0.2, -0.15) is 15.0 Å². The number of nitrogens with one attached hydrogen (secondary N) is 1. The molecule has 1 unspecified atom stereocenters. The van der Waals surface area contributed by atoms with E-state index < -0.39 is 0 Å². The molecule has 0 radical (unpaired) electrons. The Morgan fingerprint density at radius 3 is 2.83 bits per heavy atom. The fraction of sp³-hybridized carbons (Fsp3) is 0.700. The van der Waals surface area contributed by atoms with Crippen molar-refractivity contribution in [2.45, 2.75) is 6.10 Å². The Hall–Kier alpha value is -1.67. The summed E-state index contributed by atoms with van der Waals surface area (Å²) in [5, 5.41) is 3.08. The fourth-order valence-corrected chi connectivity index (χ4v) is 1.52.